The molecule has 0 spiro atoms. The van der Waals surface area contributed by atoms with E-state index in [0.29, 0.717) is 17.6 Å². The van der Waals surface area contributed by atoms with E-state index in [1.165, 1.54) is 0 Å². The fourth-order valence-electron chi connectivity index (χ4n) is 2.13. The third-order valence-corrected chi connectivity index (χ3v) is 3.01. The predicted molar refractivity (Wildman–Crippen MR) is 52.6 cm³/mol. The van der Waals surface area contributed by atoms with Crippen LogP contribution in [0.3, 0.4) is 0 Å². The molecule has 1 aromatic rings. The van der Waals surface area contributed by atoms with E-state index in [-0.39, 0.29) is 5.54 Å². The highest BCUT2D eigenvalue weighted by Crippen LogP contribution is 2.38. The van der Waals surface area contributed by atoms with Crippen molar-refractivity contribution in [3.05, 3.63) is 11.7 Å². The van der Waals surface area contributed by atoms with Crippen LogP contribution in [-0.2, 0) is 12.0 Å². The molecule has 78 valence electrons. The molecule has 0 amide bonds. The summed E-state index contributed by atoms with van der Waals surface area (Å²) in [6.07, 6.45) is 3.87. The molecule has 1 heterocycles. The molecule has 1 aliphatic rings. The molecule has 1 aromatic heterocycles. The normalized spacial score (nSPS) is 32.4. The van der Waals surface area contributed by atoms with Gasteiger partial charge in [0.2, 0.25) is 5.89 Å². The number of aromatic nitrogens is 2. The van der Waals surface area contributed by atoms with E-state index in [0.717, 1.165) is 25.7 Å². The molecule has 1 fully saturated rings. The predicted octanol–water partition coefficient (Wildman–Crippen LogP) is 1.61. The molecule has 2 N–H and O–H groups in total. The number of nitrogens with two attached hydrogens (primary N) is 1. The van der Waals surface area contributed by atoms with E-state index >= 15 is 0 Å². The highest BCUT2D eigenvalue weighted by atomic mass is 16.5. The molecule has 4 heteroatoms. The van der Waals surface area contributed by atoms with Crippen LogP contribution in [0.1, 0.15) is 44.8 Å². The molecule has 14 heavy (non-hydrogen) atoms. The molecule has 4 nitrogen and oxygen atoms in total. The van der Waals surface area contributed by atoms with Crippen molar-refractivity contribution < 1.29 is 4.52 Å². The van der Waals surface area contributed by atoms with Crippen LogP contribution >= 0.6 is 0 Å². The van der Waals surface area contributed by atoms with Crippen molar-refractivity contribution in [1.82, 2.24) is 10.1 Å². The standard InChI is InChI=1S/C10H17N3O/c1-3-8-12-9(13-14-8)10(11)5-4-7(2)6-10/h7H,3-6,11H2,1-2H3. The summed E-state index contributed by atoms with van der Waals surface area (Å²) in [5.74, 6) is 2.05. The van der Waals surface area contributed by atoms with E-state index in [1.807, 2.05) is 6.92 Å². The topological polar surface area (TPSA) is 64.9 Å². The van der Waals surface area contributed by atoms with Gasteiger partial charge < -0.3 is 10.3 Å². The Kier molecular flexibility index (Phi) is 2.31. The first kappa shape index (κ1) is 9.65. The molecule has 2 rings (SSSR count). The maximum Gasteiger partial charge on any atom is 0.226 e. The zero-order chi connectivity index (χ0) is 10.2. The Balaban J connectivity index is 2.21. The van der Waals surface area contributed by atoms with E-state index in [1.54, 1.807) is 0 Å². The van der Waals surface area contributed by atoms with Crippen molar-refractivity contribution in [3.63, 3.8) is 0 Å². The van der Waals surface area contributed by atoms with Gasteiger partial charge in [0, 0.05) is 6.42 Å². The minimum absolute atomic E-state index is 0.337. The molecule has 0 bridgehead atoms. The van der Waals surface area contributed by atoms with Crippen LogP contribution in [0.4, 0.5) is 0 Å². The highest BCUT2D eigenvalue weighted by molar-refractivity contribution is 5.07. The van der Waals surface area contributed by atoms with Crippen molar-refractivity contribution in [2.45, 2.75) is 45.1 Å². The lowest BCUT2D eigenvalue weighted by Crippen LogP contribution is -2.34. The second-order valence-corrected chi connectivity index (χ2v) is 4.37. The van der Waals surface area contributed by atoms with Crippen LogP contribution in [0.5, 0.6) is 0 Å². The van der Waals surface area contributed by atoms with Crippen molar-refractivity contribution in [1.29, 1.82) is 0 Å². The monoisotopic (exact) mass is 195 g/mol. The minimum atomic E-state index is -0.337. The zero-order valence-electron chi connectivity index (χ0n) is 8.79. The maximum absolute atomic E-state index is 6.25. The highest BCUT2D eigenvalue weighted by Gasteiger charge is 2.39. The largest absolute Gasteiger partial charge is 0.339 e. The van der Waals surface area contributed by atoms with E-state index < -0.39 is 0 Å². The third-order valence-electron chi connectivity index (χ3n) is 3.01. The summed E-state index contributed by atoms with van der Waals surface area (Å²) in [7, 11) is 0. The summed E-state index contributed by atoms with van der Waals surface area (Å²) in [6.45, 7) is 4.22. The molecule has 2 atom stereocenters. The van der Waals surface area contributed by atoms with Gasteiger partial charge in [-0.2, -0.15) is 4.98 Å². The molecule has 1 aliphatic carbocycles. The summed E-state index contributed by atoms with van der Waals surface area (Å²) in [4.78, 5) is 4.31. The van der Waals surface area contributed by atoms with Crippen LogP contribution in [0.25, 0.3) is 0 Å². The van der Waals surface area contributed by atoms with Gasteiger partial charge in [-0.05, 0) is 25.2 Å². The van der Waals surface area contributed by atoms with Crippen molar-refractivity contribution in [3.8, 4) is 0 Å². The first-order chi connectivity index (χ1) is 6.64. The number of rotatable bonds is 2. The maximum atomic E-state index is 6.25. The van der Waals surface area contributed by atoms with Crippen molar-refractivity contribution >= 4 is 0 Å². The first-order valence-electron chi connectivity index (χ1n) is 5.26. The molecular formula is C10H17N3O. The molecular weight excluding hydrogens is 178 g/mol. The number of aryl methyl sites for hydroxylation is 1. The van der Waals surface area contributed by atoms with Gasteiger partial charge in [0.15, 0.2) is 5.82 Å². The molecule has 0 radical (unpaired) electrons. The molecule has 0 aromatic carbocycles. The van der Waals surface area contributed by atoms with Crippen LogP contribution in [-0.4, -0.2) is 10.1 Å². The van der Waals surface area contributed by atoms with Crippen LogP contribution in [0.2, 0.25) is 0 Å². The lowest BCUT2D eigenvalue weighted by Gasteiger charge is -2.18. The van der Waals surface area contributed by atoms with Gasteiger partial charge in [0.05, 0.1) is 5.54 Å². The van der Waals surface area contributed by atoms with Gasteiger partial charge in [-0.25, -0.2) is 0 Å². The number of hydrogen-bond acceptors (Lipinski definition) is 4. The van der Waals surface area contributed by atoms with Crippen molar-refractivity contribution in [2.24, 2.45) is 11.7 Å². The second kappa shape index (κ2) is 3.35. The average Bonchev–Trinajstić information content (AvgIpc) is 2.73. The Hall–Kier alpha value is -0.900. The summed E-state index contributed by atoms with van der Waals surface area (Å²) in [5.41, 5.74) is 5.92. The zero-order valence-corrected chi connectivity index (χ0v) is 8.79. The van der Waals surface area contributed by atoms with Gasteiger partial charge in [-0.3, -0.25) is 0 Å². The van der Waals surface area contributed by atoms with Gasteiger partial charge in [0.1, 0.15) is 0 Å². The van der Waals surface area contributed by atoms with E-state index in [2.05, 4.69) is 17.1 Å². The smallest absolute Gasteiger partial charge is 0.226 e. The van der Waals surface area contributed by atoms with Gasteiger partial charge in [0.25, 0.3) is 0 Å². The van der Waals surface area contributed by atoms with Gasteiger partial charge in [-0.1, -0.05) is 19.0 Å². The molecule has 1 saturated carbocycles. The summed E-state index contributed by atoms with van der Waals surface area (Å²) < 4.78 is 5.09. The Labute approximate surface area is 83.9 Å². The summed E-state index contributed by atoms with van der Waals surface area (Å²) in [5, 5.41) is 3.96. The van der Waals surface area contributed by atoms with E-state index in [9.17, 15) is 0 Å². The fourth-order valence-corrected chi connectivity index (χ4v) is 2.13. The fraction of sp³-hybridized carbons (Fsp3) is 0.800. The third kappa shape index (κ3) is 1.54. The Bertz CT molecular complexity index is 323. The lowest BCUT2D eigenvalue weighted by molar-refractivity contribution is 0.347. The lowest BCUT2D eigenvalue weighted by atomic mass is 9.97. The Morgan fingerprint density at radius 2 is 2.43 bits per heavy atom. The first-order valence-corrected chi connectivity index (χ1v) is 5.26. The SMILES string of the molecule is CCc1nc(C2(N)CCC(C)C2)no1. The molecule has 0 saturated heterocycles. The average molecular weight is 195 g/mol. The summed E-state index contributed by atoms with van der Waals surface area (Å²) in [6, 6.07) is 0. The Morgan fingerprint density at radius 1 is 1.64 bits per heavy atom. The van der Waals surface area contributed by atoms with E-state index in [4.69, 9.17) is 10.3 Å². The van der Waals surface area contributed by atoms with Crippen molar-refractivity contribution in [2.75, 3.05) is 0 Å². The quantitative estimate of drug-likeness (QED) is 0.778. The second-order valence-electron chi connectivity index (χ2n) is 4.37. The molecule has 2 unspecified atom stereocenters. The van der Waals surface area contributed by atoms with Gasteiger partial charge in [-0.15, -0.1) is 0 Å². The summed E-state index contributed by atoms with van der Waals surface area (Å²) >= 11 is 0. The number of nitrogens with zero attached hydrogens (tertiary/aromatic N) is 2. The van der Waals surface area contributed by atoms with Crippen LogP contribution < -0.4 is 5.73 Å². The van der Waals surface area contributed by atoms with Gasteiger partial charge >= 0.3 is 0 Å². The Morgan fingerprint density at radius 3 is 2.93 bits per heavy atom. The van der Waals surface area contributed by atoms with Crippen LogP contribution in [0.15, 0.2) is 4.52 Å². The minimum Gasteiger partial charge on any atom is -0.339 e. The molecule has 0 aliphatic heterocycles. The number of hydrogen-bond donors (Lipinski definition) is 1. The van der Waals surface area contributed by atoms with Crippen LogP contribution in [0, 0.1) is 5.92 Å².